The van der Waals surface area contributed by atoms with E-state index in [1.807, 2.05) is 49.4 Å². The van der Waals surface area contributed by atoms with Gasteiger partial charge in [0, 0.05) is 41.6 Å². The molecule has 156 valence electrons. The highest BCUT2D eigenvalue weighted by molar-refractivity contribution is 6.31. The van der Waals surface area contributed by atoms with E-state index in [-0.39, 0.29) is 5.78 Å². The number of fused-ring (bicyclic) bond motifs is 2. The normalized spacial score (nSPS) is 16.6. The molecule has 0 amide bonds. The van der Waals surface area contributed by atoms with Gasteiger partial charge < -0.3 is 9.47 Å². The third-order valence-corrected chi connectivity index (χ3v) is 6.01. The topological polar surface area (TPSA) is 51.7 Å². The van der Waals surface area contributed by atoms with Gasteiger partial charge in [0.1, 0.15) is 18.2 Å². The highest BCUT2D eigenvalue weighted by atomic mass is 35.5. The fourth-order valence-electron chi connectivity index (χ4n) is 4.03. The molecule has 3 aromatic rings. The minimum absolute atomic E-state index is 0.113. The number of Topliss-reactive ketones (excluding diaryl/α,β-unsaturated/α-hetero) is 1. The maximum absolute atomic E-state index is 13.0. The number of carbonyl (C=O) groups is 1. The number of hydrogen-bond acceptors (Lipinski definition) is 5. The molecule has 0 unspecified atom stereocenters. The van der Waals surface area contributed by atoms with E-state index in [2.05, 4.69) is 9.88 Å². The summed E-state index contributed by atoms with van der Waals surface area (Å²) in [5.74, 6) is 1.59. The SMILES string of the molecule is Cc1c2c(cc3c1O/C(=C\c1cccnc1)C3=O)CN(CCc1ccccc1Cl)CO2. The molecular weight excluding hydrogens is 412 g/mol. The number of nitrogens with zero attached hydrogens (tertiary/aromatic N) is 2. The zero-order valence-electron chi connectivity index (χ0n) is 17.1. The molecule has 3 heterocycles. The first-order valence-corrected chi connectivity index (χ1v) is 10.6. The number of halogens is 1. The summed E-state index contributed by atoms with van der Waals surface area (Å²) < 4.78 is 12.0. The van der Waals surface area contributed by atoms with Gasteiger partial charge in [-0.2, -0.15) is 0 Å². The van der Waals surface area contributed by atoms with Crippen LogP contribution in [-0.2, 0) is 13.0 Å². The highest BCUT2D eigenvalue weighted by Crippen LogP contribution is 2.43. The summed E-state index contributed by atoms with van der Waals surface area (Å²) in [6.07, 6.45) is 5.96. The first-order chi connectivity index (χ1) is 15.1. The predicted octanol–water partition coefficient (Wildman–Crippen LogP) is 5.05. The van der Waals surface area contributed by atoms with Gasteiger partial charge in [-0.3, -0.25) is 14.7 Å². The standard InChI is InChI=1S/C25H21ClN2O3/c1-16-24-19(14-28(15-30-24)10-8-18-6-2-3-7-21(18)26)12-20-23(29)22(31-25(16)20)11-17-5-4-9-27-13-17/h2-7,9,11-13H,8,10,14-15H2,1H3/b22-11-. The van der Waals surface area contributed by atoms with Crippen molar-refractivity contribution in [2.45, 2.75) is 19.9 Å². The predicted molar refractivity (Wildman–Crippen MR) is 119 cm³/mol. The van der Waals surface area contributed by atoms with Crippen molar-refractivity contribution < 1.29 is 14.3 Å². The molecule has 0 saturated carbocycles. The van der Waals surface area contributed by atoms with Crippen molar-refractivity contribution in [2.24, 2.45) is 0 Å². The number of ketones is 1. The monoisotopic (exact) mass is 432 g/mol. The van der Waals surface area contributed by atoms with Crippen molar-refractivity contribution in [1.82, 2.24) is 9.88 Å². The van der Waals surface area contributed by atoms with Crippen molar-refractivity contribution in [3.8, 4) is 11.5 Å². The minimum Gasteiger partial charge on any atom is -0.477 e. The van der Waals surface area contributed by atoms with Crippen LogP contribution in [0, 0.1) is 6.92 Å². The summed E-state index contributed by atoms with van der Waals surface area (Å²) in [7, 11) is 0. The van der Waals surface area contributed by atoms with Crippen LogP contribution in [0.25, 0.3) is 6.08 Å². The van der Waals surface area contributed by atoms with E-state index in [0.29, 0.717) is 30.3 Å². The Labute approximate surface area is 185 Å². The van der Waals surface area contributed by atoms with Gasteiger partial charge in [-0.25, -0.2) is 0 Å². The third kappa shape index (κ3) is 3.82. The Kier molecular flexibility index (Phi) is 5.22. The number of ether oxygens (including phenoxy) is 2. The van der Waals surface area contributed by atoms with E-state index in [1.54, 1.807) is 18.5 Å². The van der Waals surface area contributed by atoms with E-state index >= 15 is 0 Å². The van der Waals surface area contributed by atoms with E-state index < -0.39 is 0 Å². The number of pyridine rings is 1. The fraction of sp³-hybridized carbons (Fsp3) is 0.200. The quantitative estimate of drug-likeness (QED) is 0.540. The van der Waals surface area contributed by atoms with Gasteiger partial charge in [0.15, 0.2) is 5.76 Å². The molecule has 0 atom stereocenters. The van der Waals surface area contributed by atoms with Crippen LogP contribution in [0.3, 0.4) is 0 Å². The van der Waals surface area contributed by atoms with Crippen LogP contribution < -0.4 is 9.47 Å². The van der Waals surface area contributed by atoms with Crippen molar-refractivity contribution >= 4 is 23.5 Å². The van der Waals surface area contributed by atoms with Gasteiger partial charge in [0.25, 0.3) is 0 Å². The lowest BCUT2D eigenvalue weighted by atomic mass is 10.00. The third-order valence-electron chi connectivity index (χ3n) is 5.64. The maximum Gasteiger partial charge on any atom is 0.231 e. The van der Waals surface area contributed by atoms with Gasteiger partial charge in [-0.1, -0.05) is 35.9 Å². The van der Waals surface area contributed by atoms with Gasteiger partial charge >= 0.3 is 0 Å². The van der Waals surface area contributed by atoms with E-state index in [4.69, 9.17) is 21.1 Å². The van der Waals surface area contributed by atoms with Crippen LogP contribution >= 0.6 is 11.6 Å². The number of hydrogen-bond donors (Lipinski definition) is 0. The zero-order chi connectivity index (χ0) is 21.4. The molecule has 5 nitrogen and oxygen atoms in total. The van der Waals surface area contributed by atoms with E-state index in [1.165, 1.54) is 0 Å². The summed E-state index contributed by atoms with van der Waals surface area (Å²) in [5, 5.41) is 0.783. The van der Waals surface area contributed by atoms with Gasteiger partial charge in [0.2, 0.25) is 5.78 Å². The summed E-state index contributed by atoms with van der Waals surface area (Å²) in [5.41, 5.74) is 4.39. The van der Waals surface area contributed by atoms with Crippen molar-refractivity contribution in [1.29, 1.82) is 0 Å². The second-order valence-electron chi connectivity index (χ2n) is 7.76. The molecule has 2 aliphatic rings. The molecule has 1 aromatic heterocycles. The lowest BCUT2D eigenvalue weighted by molar-refractivity contribution is 0.0954. The summed E-state index contributed by atoms with van der Waals surface area (Å²) in [4.78, 5) is 19.3. The summed E-state index contributed by atoms with van der Waals surface area (Å²) >= 11 is 6.29. The van der Waals surface area contributed by atoms with Crippen molar-refractivity contribution in [3.05, 3.63) is 93.5 Å². The van der Waals surface area contributed by atoms with Crippen LogP contribution in [-0.4, -0.2) is 28.9 Å². The van der Waals surface area contributed by atoms with Crippen LogP contribution in [0.1, 0.15) is 32.6 Å². The molecule has 0 N–H and O–H groups in total. The summed E-state index contributed by atoms with van der Waals surface area (Å²) in [6, 6.07) is 13.5. The minimum atomic E-state index is -0.113. The molecule has 0 radical (unpaired) electrons. The number of carbonyl (C=O) groups excluding carboxylic acids is 1. The van der Waals surface area contributed by atoms with Crippen LogP contribution in [0.5, 0.6) is 11.5 Å². The lowest BCUT2D eigenvalue weighted by Crippen LogP contribution is -2.34. The Morgan fingerprint density at radius 1 is 1.19 bits per heavy atom. The zero-order valence-corrected chi connectivity index (χ0v) is 17.9. The molecule has 0 fully saturated rings. The lowest BCUT2D eigenvalue weighted by Gasteiger charge is -2.30. The molecule has 5 rings (SSSR count). The second kappa shape index (κ2) is 8.17. The molecule has 0 spiro atoms. The molecule has 0 aliphatic carbocycles. The largest absolute Gasteiger partial charge is 0.477 e. The summed E-state index contributed by atoms with van der Waals surface area (Å²) in [6.45, 7) is 3.96. The molecular formula is C25H21ClN2O3. The number of benzene rings is 2. The smallest absolute Gasteiger partial charge is 0.231 e. The van der Waals surface area contributed by atoms with Gasteiger partial charge in [0.05, 0.1) is 5.56 Å². The maximum atomic E-state index is 13.0. The first kappa shape index (κ1) is 19.8. The Balaban J connectivity index is 1.37. The highest BCUT2D eigenvalue weighted by Gasteiger charge is 2.33. The molecule has 0 bridgehead atoms. The molecule has 2 aliphatic heterocycles. The second-order valence-corrected chi connectivity index (χ2v) is 8.17. The van der Waals surface area contributed by atoms with Gasteiger partial charge in [-0.15, -0.1) is 0 Å². The number of rotatable bonds is 4. The Morgan fingerprint density at radius 2 is 2.06 bits per heavy atom. The van der Waals surface area contributed by atoms with Crippen molar-refractivity contribution in [2.75, 3.05) is 13.3 Å². The number of allylic oxidation sites excluding steroid dienone is 1. The average molecular weight is 433 g/mol. The van der Waals surface area contributed by atoms with E-state index in [9.17, 15) is 4.79 Å². The van der Waals surface area contributed by atoms with Crippen molar-refractivity contribution in [3.63, 3.8) is 0 Å². The number of aromatic nitrogens is 1. The average Bonchev–Trinajstić information content (AvgIpc) is 3.09. The molecule has 31 heavy (non-hydrogen) atoms. The molecule has 2 aromatic carbocycles. The molecule has 6 heteroatoms. The fourth-order valence-corrected chi connectivity index (χ4v) is 4.26. The Bertz CT molecular complexity index is 1190. The van der Waals surface area contributed by atoms with Crippen LogP contribution in [0.2, 0.25) is 5.02 Å². The first-order valence-electron chi connectivity index (χ1n) is 10.2. The van der Waals surface area contributed by atoms with Crippen LogP contribution in [0.4, 0.5) is 0 Å². The molecule has 0 saturated heterocycles. The Morgan fingerprint density at radius 3 is 2.87 bits per heavy atom. The van der Waals surface area contributed by atoms with Crippen LogP contribution in [0.15, 0.2) is 60.6 Å². The van der Waals surface area contributed by atoms with Gasteiger partial charge in [-0.05, 0) is 48.7 Å². The Hall–Kier alpha value is -3.15. The van der Waals surface area contributed by atoms with E-state index in [0.717, 1.165) is 46.0 Å².